The molecule has 0 fully saturated rings. The van der Waals surface area contributed by atoms with Gasteiger partial charge in [-0.2, -0.15) is 0 Å². The number of hydrogen-bond donors (Lipinski definition) is 1. The molecule has 136 valence electrons. The zero-order chi connectivity index (χ0) is 18.7. The van der Waals surface area contributed by atoms with Crippen LogP contribution in [0.15, 0.2) is 42.5 Å². The second kappa shape index (κ2) is 8.12. The SMILES string of the molecule is C[NH+](C)CCCN(C(=O)c1ccc(F)cc1)c1nc2c(Cl)cccc2s1. The van der Waals surface area contributed by atoms with Crippen molar-refractivity contribution < 1.29 is 14.1 Å². The molecule has 3 aromatic rings. The molecule has 0 aliphatic carbocycles. The number of halogens is 2. The highest BCUT2D eigenvalue weighted by atomic mass is 35.5. The molecule has 0 atom stereocenters. The van der Waals surface area contributed by atoms with Crippen LogP contribution in [-0.4, -0.2) is 38.1 Å². The summed E-state index contributed by atoms with van der Waals surface area (Å²) in [5, 5.41) is 1.17. The summed E-state index contributed by atoms with van der Waals surface area (Å²) in [5.41, 5.74) is 1.14. The first-order valence-electron chi connectivity index (χ1n) is 8.37. The third-order valence-corrected chi connectivity index (χ3v) is 5.33. The normalized spacial score (nSPS) is 11.3. The second-order valence-corrected chi connectivity index (χ2v) is 7.77. The molecule has 2 aromatic carbocycles. The molecule has 26 heavy (non-hydrogen) atoms. The van der Waals surface area contributed by atoms with Gasteiger partial charge in [-0.25, -0.2) is 9.37 Å². The molecule has 0 spiro atoms. The number of nitrogens with one attached hydrogen (secondary N) is 1. The molecule has 0 aliphatic heterocycles. The van der Waals surface area contributed by atoms with E-state index in [0.717, 1.165) is 17.7 Å². The number of amides is 1. The number of carbonyl (C=O) groups is 1. The molecule has 0 bridgehead atoms. The van der Waals surface area contributed by atoms with E-state index in [9.17, 15) is 9.18 Å². The first-order chi connectivity index (χ1) is 12.5. The van der Waals surface area contributed by atoms with Crippen molar-refractivity contribution in [3.8, 4) is 0 Å². The van der Waals surface area contributed by atoms with Crippen LogP contribution in [0, 0.1) is 5.82 Å². The molecule has 7 heteroatoms. The van der Waals surface area contributed by atoms with Crippen LogP contribution in [0.5, 0.6) is 0 Å². The number of thiazole rings is 1. The van der Waals surface area contributed by atoms with E-state index in [1.807, 2.05) is 12.1 Å². The van der Waals surface area contributed by atoms with E-state index in [-0.39, 0.29) is 11.7 Å². The number of fused-ring (bicyclic) bond motifs is 1. The van der Waals surface area contributed by atoms with E-state index in [2.05, 4.69) is 19.1 Å². The Morgan fingerprint density at radius 2 is 1.96 bits per heavy atom. The van der Waals surface area contributed by atoms with Crippen molar-refractivity contribution in [2.24, 2.45) is 0 Å². The number of nitrogens with zero attached hydrogens (tertiary/aromatic N) is 2. The van der Waals surface area contributed by atoms with Gasteiger partial charge in [0, 0.05) is 18.5 Å². The third kappa shape index (κ3) is 4.20. The molecule has 0 unspecified atom stereocenters. The lowest BCUT2D eigenvalue weighted by molar-refractivity contribution is -0.858. The van der Waals surface area contributed by atoms with Crippen molar-refractivity contribution in [1.29, 1.82) is 0 Å². The number of benzene rings is 2. The molecule has 0 saturated heterocycles. The predicted octanol–water partition coefficient (Wildman–Crippen LogP) is 3.27. The van der Waals surface area contributed by atoms with Crippen molar-refractivity contribution in [2.45, 2.75) is 6.42 Å². The van der Waals surface area contributed by atoms with Crippen LogP contribution >= 0.6 is 22.9 Å². The van der Waals surface area contributed by atoms with Crippen molar-refractivity contribution >= 4 is 44.2 Å². The summed E-state index contributed by atoms with van der Waals surface area (Å²) >= 11 is 7.66. The highest BCUT2D eigenvalue weighted by Crippen LogP contribution is 2.33. The van der Waals surface area contributed by atoms with E-state index >= 15 is 0 Å². The van der Waals surface area contributed by atoms with Gasteiger partial charge < -0.3 is 4.90 Å². The lowest BCUT2D eigenvalue weighted by Crippen LogP contribution is -3.05. The molecule has 1 aromatic heterocycles. The minimum Gasteiger partial charge on any atom is -0.340 e. The Hall–Kier alpha value is -2.02. The maximum absolute atomic E-state index is 13.2. The Labute approximate surface area is 160 Å². The van der Waals surface area contributed by atoms with Crippen molar-refractivity contribution in [2.75, 3.05) is 32.1 Å². The summed E-state index contributed by atoms with van der Waals surface area (Å²) in [6, 6.07) is 11.2. The summed E-state index contributed by atoms with van der Waals surface area (Å²) in [7, 11) is 4.15. The lowest BCUT2D eigenvalue weighted by Gasteiger charge is -2.20. The molecular weight excluding hydrogens is 373 g/mol. The molecule has 1 N–H and O–H groups in total. The minimum atomic E-state index is -0.365. The highest BCUT2D eigenvalue weighted by Gasteiger charge is 2.22. The topological polar surface area (TPSA) is 37.6 Å². The zero-order valence-corrected chi connectivity index (χ0v) is 16.2. The van der Waals surface area contributed by atoms with Crippen molar-refractivity contribution in [3.63, 3.8) is 0 Å². The van der Waals surface area contributed by atoms with Gasteiger partial charge in [0.15, 0.2) is 5.13 Å². The number of para-hydroxylation sites is 1. The van der Waals surface area contributed by atoms with Crippen molar-refractivity contribution in [3.05, 3.63) is 58.9 Å². The Kier molecular flexibility index (Phi) is 5.86. The summed E-state index contributed by atoms with van der Waals surface area (Å²) in [6.07, 6.45) is 0.832. The monoisotopic (exact) mass is 392 g/mol. The highest BCUT2D eigenvalue weighted by molar-refractivity contribution is 7.22. The standard InChI is InChI=1S/C19H19ClFN3OS/c1-23(2)11-4-12-24(18(25)13-7-9-14(21)10-8-13)19-22-17-15(20)5-3-6-16(17)26-19/h3,5-10H,4,11-12H2,1-2H3/p+1. The minimum absolute atomic E-state index is 0.186. The van der Waals surface area contributed by atoms with Gasteiger partial charge in [0.25, 0.3) is 5.91 Å². The van der Waals surface area contributed by atoms with E-state index in [1.54, 1.807) is 11.0 Å². The van der Waals surface area contributed by atoms with Crippen LogP contribution in [0.4, 0.5) is 9.52 Å². The predicted molar refractivity (Wildman–Crippen MR) is 105 cm³/mol. The molecule has 0 aliphatic rings. The summed E-state index contributed by atoms with van der Waals surface area (Å²) in [6.45, 7) is 1.47. The summed E-state index contributed by atoms with van der Waals surface area (Å²) in [5.74, 6) is -0.551. The number of quaternary nitrogens is 1. The average Bonchev–Trinajstić information content (AvgIpc) is 3.04. The number of aromatic nitrogens is 1. The van der Waals surface area contributed by atoms with E-state index in [0.29, 0.717) is 27.8 Å². The van der Waals surface area contributed by atoms with Crippen LogP contribution in [0.3, 0.4) is 0 Å². The number of anilines is 1. The molecule has 4 nitrogen and oxygen atoms in total. The number of carbonyl (C=O) groups excluding carboxylic acids is 1. The molecule has 0 radical (unpaired) electrons. The van der Waals surface area contributed by atoms with Crippen LogP contribution in [-0.2, 0) is 0 Å². The van der Waals surface area contributed by atoms with E-state index < -0.39 is 0 Å². The quantitative estimate of drug-likeness (QED) is 0.699. The molecular formula is C19H20ClFN3OS+. The second-order valence-electron chi connectivity index (χ2n) is 6.36. The van der Waals surface area contributed by atoms with Gasteiger partial charge in [0.05, 0.1) is 30.4 Å². The largest absolute Gasteiger partial charge is 0.340 e. The third-order valence-electron chi connectivity index (χ3n) is 3.98. The van der Waals surface area contributed by atoms with Crippen LogP contribution in [0.2, 0.25) is 5.02 Å². The van der Waals surface area contributed by atoms with Crippen LogP contribution in [0.1, 0.15) is 16.8 Å². The van der Waals surface area contributed by atoms with E-state index in [4.69, 9.17) is 11.6 Å². The van der Waals surface area contributed by atoms with Gasteiger partial charge in [-0.3, -0.25) is 9.69 Å². The Morgan fingerprint density at radius 3 is 2.62 bits per heavy atom. The van der Waals surface area contributed by atoms with Gasteiger partial charge >= 0.3 is 0 Å². The van der Waals surface area contributed by atoms with Gasteiger partial charge in [-0.1, -0.05) is 29.0 Å². The Morgan fingerprint density at radius 1 is 1.23 bits per heavy atom. The average molecular weight is 393 g/mol. The maximum Gasteiger partial charge on any atom is 0.260 e. The summed E-state index contributed by atoms with van der Waals surface area (Å²) in [4.78, 5) is 20.6. The Bertz CT molecular complexity index is 911. The first-order valence-corrected chi connectivity index (χ1v) is 9.56. The lowest BCUT2D eigenvalue weighted by atomic mass is 10.2. The fourth-order valence-corrected chi connectivity index (χ4v) is 3.93. The van der Waals surface area contributed by atoms with Crippen molar-refractivity contribution in [1.82, 2.24) is 4.98 Å². The van der Waals surface area contributed by atoms with Gasteiger partial charge in [-0.15, -0.1) is 0 Å². The maximum atomic E-state index is 13.2. The number of rotatable bonds is 6. The molecule has 1 amide bonds. The first kappa shape index (κ1) is 18.8. The zero-order valence-electron chi connectivity index (χ0n) is 14.6. The van der Waals surface area contributed by atoms with Gasteiger partial charge in [0.2, 0.25) is 0 Å². The molecule has 0 saturated carbocycles. The fraction of sp³-hybridized carbons (Fsp3) is 0.263. The van der Waals surface area contributed by atoms with Gasteiger partial charge in [0.1, 0.15) is 11.3 Å². The smallest absolute Gasteiger partial charge is 0.260 e. The van der Waals surface area contributed by atoms with Gasteiger partial charge in [-0.05, 0) is 36.4 Å². The van der Waals surface area contributed by atoms with E-state index in [1.165, 1.54) is 40.5 Å². The Balaban J connectivity index is 1.94. The molecule has 1 heterocycles. The fourth-order valence-electron chi connectivity index (χ4n) is 2.64. The summed E-state index contributed by atoms with van der Waals surface area (Å²) < 4.78 is 14.1. The van der Waals surface area contributed by atoms with Crippen LogP contribution in [0.25, 0.3) is 10.2 Å². The number of hydrogen-bond acceptors (Lipinski definition) is 3. The molecule has 3 rings (SSSR count). The van der Waals surface area contributed by atoms with Crippen LogP contribution < -0.4 is 9.80 Å².